The monoisotopic (exact) mass is 882 g/mol. The number of anilines is 5. The number of aryl methyl sites for hydroxylation is 2. The molecular formula is C42H47ClN12O6S. The predicted molar refractivity (Wildman–Crippen MR) is 233 cm³/mol. The van der Waals surface area contributed by atoms with E-state index in [4.69, 9.17) is 16.6 Å². The second kappa shape index (κ2) is 17.2. The molecule has 7 heterocycles. The van der Waals surface area contributed by atoms with E-state index in [2.05, 4.69) is 45.5 Å². The number of piperazine rings is 2. The largest absolute Gasteiger partial charge is 0.369 e. The highest BCUT2D eigenvalue weighted by atomic mass is 35.5. The Bertz CT molecular complexity index is 2410. The summed E-state index contributed by atoms with van der Waals surface area (Å²) in [4.78, 5) is 89.8. The van der Waals surface area contributed by atoms with Gasteiger partial charge in [0.1, 0.15) is 28.4 Å². The number of thiazole rings is 1. The summed E-state index contributed by atoms with van der Waals surface area (Å²) in [5.41, 5.74) is 3.11. The van der Waals surface area contributed by atoms with Crippen molar-refractivity contribution in [3.63, 3.8) is 0 Å². The maximum atomic E-state index is 13.3. The molecule has 0 saturated carbocycles. The second-order valence-corrected chi connectivity index (χ2v) is 17.7. The fourth-order valence-electron chi connectivity index (χ4n) is 8.77. The minimum atomic E-state index is -1.27. The Morgan fingerprint density at radius 3 is 2.45 bits per heavy atom. The zero-order valence-corrected chi connectivity index (χ0v) is 35.9. The number of nitrogens with one attached hydrogen (secondary N) is 3. The fraction of sp³-hybridized carbons (Fsp3) is 0.429. The molecule has 2 unspecified atom stereocenters. The molecule has 0 aliphatic carbocycles. The van der Waals surface area contributed by atoms with Gasteiger partial charge >= 0.3 is 0 Å². The molecule has 2 aromatic heterocycles. The molecule has 0 radical (unpaired) electrons. The smallest absolute Gasteiger partial charge is 0.267 e. The van der Waals surface area contributed by atoms with Gasteiger partial charge in [0, 0.05) is 101 Å². The van der Waals surface area contributed by atoms with E-state index in [-0.39, 0.29) is 30.6 Å². The lowest BCUT2D eigenvalue weighted by Gasteiger charge is -2.48. The van der Waals surface area contributed by atoms with Crippen LogP contribution < -0.4 is 25.8 Å². The van der Waals surface area contributed by atoms with Gasteiger partial charge in [-0.3, -0.25) is 44.0 Å². The number of aliphatic hydroxyl groups excluding tert-OH is 1. The molecule has 0 spiro atoms. The van der Waals surface area contributed by atoms with Crippen LogP contribution in [0.5, 0.6) is 0 Å². The fourth-order valence-corrected chi connectivity index (χ4v) is 9.75. The molecule has 2 atom stereocenters. The van der Waals surface area contributed by atoms with Crippen LogP contribution in [0.15, 0.2) is 48.7 Å². The van der Waals surface area contributed by atoms with E-state index in [1.807, 2.05) is 49.1 Å². The van der Waals surface area contributed by atoms with Gasteiger partial charge in [-0.1, -0.05) is 35.1 Å². The number of benzene rings is 2. The van der Waals surface area contributed by atoms with E-state index < -0.39 is 24.1 Å². The quantitative estimate of drug-likeness (QED) is 0.170. The maximum Gasteiger partial charge on any atom is 0.267 e. The summed E-state index contributed by atoms with van der Waals surface area (Å²) in [6.07, 6.45) is 0.534. The number of carbonyl (C=O) groups is 5. The summed E-state index contributed by atoms with van der Waals surface area (Å²) in [5.74, 6) is 0.479. The Morgan fingerprint density at radius 2 is 1.71 bits per heavy atom. The standard InChI is InChI=1S/C42H47ClN12O6S/c1-24-4-3-5-30(43)37(24)49-39(59)32-20-44-42(62-32)47-33-19-34(46-25(2)45-33)53-16-14-52(15-17-53)27-21-54(22-27)36(57)23-50-10-12-51(13-11-50)26-6-7-28-29(18-26)41(61)55(40(28)60)31-8-9-35(56)48-38(31)58/h3-7,18-20,27,31,41,61H,8-17,21-23H2,1-2H3,(H,49,59)(H,48,56,58)(H,44,45,46,47). The van der Waals surface area contributed by atoms with Gasteiger partial charge in [-0.05, 0) is 50.1 Å². The summed E-state index contributed by atoms with van der Waals surface area (Å²) < 4.78 is 0. The number of hydrogen-bond donors (Lipinski definition) is 4. The summed E-state index contributed by atoms with van der Waals surface area (Å²) in [6.45, 7) is 11.5. The minimum absolute atomic E-state index is 0.111. The van der Waals surface area contributed by atoms with Gasteiger partial charge in [0.2, 0.25) is 17.7 Å². The number of piperidine rings is 1. The summed E-state index contributed by atoms with van der Waals surface area (Å²) in [7, 11) is 0. The number of hydrogen-bond acceptors (Lipinski definition) is 15. The predicted octanol–water partition coefficient (Wildman–Crippen LogP) is 2.61. The molecule has 0 bridgehead atoms. The van der Waals surface area contributed by atoms with Crippen LogP contribution in [0.2, 0.25) is 5.02 Å². The average molecular weight is 883 g/mol. The van der Waals surface area contributed by atoms with Crippen molar-refractivity contribution in [1.82, 2.24) is 39.9 Å². The Balaban J connectivity index is 0.712. The summed E-state index contributed by atoms with van der Waals surface area (Å²) in [6, 6.07) is 12.1. The summed E-state index contributed by atoms with van der Waals surface area (Å²) >= 11 is 7.52. The van der Waals surface area contributed by atoms with Crippen molar-refractivity contribution in [3.05, 3.63) is 81.1 Å². The van der Waals surface area contributed by atoms with Crippen LogP contribution in [0.4, 0.5) is 28.1 Å². The number of fused-ring (bicyclic) bond motifs is 1. The van der Waals surface area contributed by atoms with Crippen molar-refractivity contribution >= 4 is 80.6 Å². The van der Waals surface area contributed by atoms with Crippen molar-refractivity contribution in [2.75, 3.05) is 92.4 Å². The molecule has 5 aliphatic heterocycles. The van der Waals surface area contributed by atoms with Crippen molar-refractivity contribution in [2.24, 2.45) is 0 Å². The normalized spacial score (nSPS) is 21.2. The Labute approximate surface area is 366 Å². The van der Waals surface area contributed by atoms with Crippen LogP contribution in [0.3, 0.4) is 0 Å². The molecule has 4 saturated heterocycles. The summed E-state index contributed by atoms with van der Waals surface area (Å²) in [5, 5.41) is 20.5. The van der Waals surface area contributed by atoms with Crippen molar-refractivity contribution in [3.8, 4) is 0 Å². The minimum Gasteiger partial charge on any atom is -0.369 e. The molecular weight excluding hydrogens is 836 g/mol. The van der Waals surface area contributed by atoms with Crippen molar-refractivity contribution < 1.29 is 29.1 Å². The number of amides is 5. The Hall–Kier alpha value is -5.73. The molecule has 4 fully saturated rings. The lowest BCUT2D eigenvalue weighted by Crippen LogP contribution is -2.65. The number of nitrogens with zero attached hydrogens (tertiary/aromatic N) is 9. The highest BCUT2D eigenvalue weighted by molar-refractivity contribution is 7.17. The average Bonchev–Trinajstić information content (AvgIpc) is 3.80. The molecule has 9 rings (SSSR count). The molecule has 5 amide bonds. The second-order valence-electron chi connectivity index (χ2n) is 16.3. The van der Waals surface area contributed by atoms with Crippen LogP contribution in [0.25, 0.3) is 0 Å². The van der Waals surface area contributed by atoms with E-state index in [1.165, 1.54) is 22.4 Å². The first-order chi connectivity index (χ1) is 29.9. The van der Waals surface area contributed by atoms with Crippen LogP contribution >= 0.6 is 22.9 Å². The third-order valence-corrected chi connectivity index (χ3v) is 13.5. The highest BCUT2D eigenvalue weighted by Gasteiger charge is 2.45. The van der Waals surface area contributed by atoms with Crippen LogP contribution in [-0.4, -0.2) is 153 Å². The van der Waals surface area contributed by atoms with Gasteiger partial charge in [-0.25, -0.2) is 15.0 Å². The molecule has 18 nitrogen and oxygen atoms in total. The van der Waals surface area contributed by atoms with Gasteiger partial charge in [0.25, 0.3) is 11.8 Å². The van der Waals surface area contributed by atoms with Crippen molar-refractivity contribution in [2.45, 2.75) is 45.0 Å². The molecule has 5 aliphatic rings. The van der Waals surface area contributed by atoms with E-state index in [0.29, 0.717) is 95.3 Å². The highest BCUT2D eigenvalue weighted by Crippen LogP contribution is 2.38. The van der Waals surface area contributed by atoms with Crippen molar-refractivity contribution in [1.29, 1.82) is 0 Å². The molecule has 62 heavy (non-hydrogen) atoms. The number of carbonyl (C=O) groups excluding carboxylic acids is 5. The molecule has 4 N–H and O–H groups in total. The third kappa shape index (κ3) is 8.42. The molecule has 20 heteroatoms. The van der Waals surface area contributed by atoms with Gasteiger partial charge < -0.3 is 30.4 Å². The van der Waals surface area contributed by atoms with Crippen LogP contribution in [0.1, 0.15) is 56.1 Å². The van der Waals surface area contributed by atoms with Gasteiger partial charge in [0.15, 0.2) is 11.4 Å². The maximum absolute atomic E-state index is 13.3. The number of rotatable bonds is 10. The first-order valence-corrected chi connectivity index (χ1v) is 22.0. The third-order valence-electron chi connectivity index (χ3n) is 12.3. The Kier molecular flexibility index (Phi) is 11.5. The van der Waals surface area contributed by atoms with Gasteiger partial charge in [-0.2, -0.15) is 0 Å². The van der Waals surface area contributed by atoms with Gasteiger partial charge in [-0.15, -0.1) is 0 Å². The molecule has 2 aromatic carbocycles. The molecule has 324 valence electrons. The first-order valence-electron chi connectivity index (χ1n) is 20.8. The lowest BCUT2D eigenvalue weighted by molar-refractivity contribution is -0.140. The van der Waals surface area contributed by atoms with E-state index in [0.717, 1.165) is 43.2 Å². The van der Waals surface area contributed by atoms with Crippen LogP contribution in [0, 0.1) is 13.8 Å². The van der Waals surface area contributed by atoms with E-state index >= 15 is 0 Å². The first kappa shape index (κ1) is 41.6. The van der Waals surface area contributed by atoms with E-state index in [1.54, 1.807) is 12.1 Å². The number of imide groups is 1. The zero-order chi connectivity index (χ0) is 43.2. The zero-order valence-electron chi connectivity index (χ0n) is 34.3. The number of aliphatic hydroxyl groups is 1. The molecule has 4 aromatic rings. The Morgan fingerprint density at radius 1 is 0.952 bits per heavy atom. The topological polar surface area (TPSA) is 200 Å². The van der Waals surface area contributed by atoms with Crippen LogP contribution in [-0.2, 0) is 14.4 Å². The lowest BCUT2D eigenvalue weighted by atomic mass is 10.0. The van der Waals surface area contributed by atoms with Gasteiger partial charge in [0.05, 0.1) is 23.5 Å². The number of para-hydroxylation sites is 1. The number of likely N-dealkylation sites (tertiary alicyclic amines) is 1. The van der Waals surface area contributed by atoms with E-state index in [9.17, 15) is 29.1 Å². The number of halogens is 1. The SMILES string of the molecule is Cc1nc(Nc2ncc(C(=O)Nc3c(C)cccc3Cl)s2)cc(N2CCN(C3CN(C(=O)CN4CCN(c5ccc6c(c5)C(O)N(C5CCC(=O)NC5=O)C6=O)CC4)C3)CC2)n1. The number of aromatic nitrogens is 3.